The number of rotatable bonds is 0. The van der Waals surface area contributed by atoms with Crippen molar-refractivity contribution in [2.75, 3.05) is 6.54 Å². The molecule has 3 rings (SSSR count). The molecule has 0 saturated carbocycles. The molecule has 2 unspecified atom stereocenters. The standard InChI is InChI=1S/C11H11NO/c1-2-6-10-8(4-1)9-5-3-7-12-11(9)13-10/h1-6,9,11-12H,7H2. The number of ether oxygens (including phenoxy) is 1. The van der Waals surface area contributed by atoms with E-state index in [-0.39, 0.29) is 6.23 Å². The molecule has 2 aliphatic rings. The van der Waals surface area contributed by atoms with E-state index in [0.717, 1.165) is 12.3 Å². The summed E-state index contributed by atoms with van der Waals surface area (Å²) in [6, 6.07) is 8.24. The van der Waals surface area contributed by atoms with Crippen molar-refractivity contribution < 1.29 is 4.74 Å². The summed E-state index contributed by atoms with van der Waals surface area (Å²) in [7, 11) is 0. The van der Waals surface area contributed by atoms with E-state index in [0.29, 0.717) is 5.92 Å². The molecule has 0 bridgehead atoms. The maximum atomic E-state index is 5.75. The molecule has 2 atom stereocenters. The second-order valence-electron chi connectivity index (χ2n) is 3.44. The average molecular weight is 173 g/mol. The van der Waals surface area contributed by atoms with Crippen LogP contribution >= 0.6 is 0 Å². The fourth-order valence-corrected chi connectivity index (χ4v) is 2.01. The van der Waals surface area contributed by atoms with Crippen LogP contribution in [0.1, 0.15) is 11.5 Å². The number of para-hydroxylation sites is 1. The van der Waals surface area contributed by atoms with Crippen molar-refractivity contribution in [1.82, 2.24) is 5.32 Å². The molecule has 0 aromatic heterocycles. The minimum absolute atomic E-state index is 0.155. The van der Waals surface area contributed by atoms with Gasteiger partial charge in [-0.3, -0.25) is 5.32 Å². The van der Waals surface area contributed by atoms with E-state index in [2.05, 4.69) is 29.6 Å². The molecule has 1 N–H and O–H groups in total. The highest BCUT2D eigenvalue weighted by Gasteiger charge is 2.32. The third-order valence-electron chi connectivity index (χ3n) is 2.64. The minimum Gasteiger partial charge on any atom is -0.474 e. The van der Waals surface area contributed by atoms with Crippen LogP contribution in [0, 0.1) is 0 Å². The molecule has 1 aromatic carbocycles. The Balaban J connectivity index is 2.09. The lowest BCUT2D eigenvalue weighted by Crippen LogP contribution is -2.37. The van der Waals surface area contributed by atoms with Crippen LogP contribution in [0.15, 0.2) is 36.4 Å². The molecule has 13 heavy (non-hydrogen) atoms. The largest absolute Gasteiger partial charge is 0.474 e. The number of nitrogens with one attached hydrogen (secondary N) is 1. The van der Waals surface area contributed by atoms with Crippen molar-refractivity contribution in [1.29, 1.82) is 0 Å². The molecule has 1 aromatic rings. The summed E-state index contributed by atoms with van der Waals surface area (Å²) in [5.74, 6) is 1.43. The lowest BCUT2D eigenvalue weighted by molar-refractivity contribution is 0.179. The monoisotopic (exact) mass is 173 g/mol. The zero-order valence-corrected chi connectivity index (χ0v) is 7.23. The lowest BCUT2D eigenvalue weighted by atomic mass is 9.97. The van der Waals surface area contributed by atoms with Crippen LogP contribution in [0.25, 0.3) is 0 Å². The summed E-state index contributed by atoms with van der Waals surface area (Å²) in [5.41, 5.74) is 1.30. The summed E-state index contributed by atoms with van der Waals surface area (Å²) in [4.78, 5) is 0. The predicted octanol–water partition coefficient (Wildman–Crippen LogP) is 1.65. The van der Waals surface area contributed by atoms with Crippen LogP contribution in [0.3, 0.4) is 0 Å². The quantitative estimate of drug-likeness (QED) is 0.602. The zero-order valence-electron chi connectivity index (χ0n) is 7.23. The van der Waals surface area contributed by atoms with Gasteiger partial charge in [0.2, 0.25) is 0 Å². The Morgan fingerprint density at radius 1 is 1.31 bits per heavy atom. The molecule has 2 aliphatic heterocycles. The Kier molecular flexibility index (Phi) is 1.43. The average Bonchev–Trinajstić information content (AvgIpc) is 2.56. The van der Waals surface area contributed by atoms with E-state index in [4.69, 9.17) is 4.74 Å². The second kappa shape index (κ2) is 2.60. The smallest absolute Gasteiger partial charge is 0.160 e. The summed E-state index contributed by atoms with van der Waals surface area (Å²) < 4.78 is 5.75. The third-order valence-corrected chi connectivity index (χ3v) is 2.64. The van der Waals surface area contributed by atoms with Gasteiger partial charge in [0.15, 0.2) is 6.23 Å². The highest BCUT2D eigenvalue weighted by atomic mass is 16.5. The Bertz CT molecular complexity index is 359. The van der Waals surface area contributed by atoms with Gasteiger partial charge in [-0.05, 0) is 6.07 Å². The summed E-state index contributed by atoms with van der Waals surface area (Å²) >= 11 is 0. The molecule has 0 amide bonds. The minimum atomic E-state index is 0.155. The predicted molar refractivity (Wildman–Crippen MR) is 50.7 cm³/mol. The molecule has 0 aliphatic carbocycles. The molecular formula is C11H11NO. The summed E-state index contributed by atoms with van der Waals surface area (Å²) in [6.45, 7) is 0.912. The third kappa shape index (κ3) is 0.988. The highest BCUT2D eigenvalue weighted by Crippen LogP contribution is 2.38. The van der Waals surface area contributed by atoms with Crippen molar-refractivity contribution in [2.24, 2.45) is 0 Å². The lowest BCUT2D eigenvalue weighted by Gasteiger charge is -2.20. The van der Waals surface area contributed by atoms with Crippen LogP contribution in [-0.4, -0.2) is 12.8 Å². The maximum Gasteiger partial charge on any atom is 0.160 e. The first kappa shape index (κ1) is 7.15. The zero-order chi connectivity index (χ0) is 8.67. The van der Waals surface area contributed by atoms with Crippen molar-refractivity contribution in [3.63, 3.8) is 0 Å². The molecule has 2 heterocycles. The SMILES string of the molecule is C1=CC2c3ccccc3OC2NC1. The van der Waals surface area contributed by atoms with E-state index in [1.165, 1.54) is 5.56 Å². The molecule has 0 spiro atoms. The van der Waals surface area contributed by atoms with Crippen LogP contribution in [0.5, 0.6) is 5.75 Å². The summed E-state index contributed by atoms with van der Waals surface area (Å²) in [5, 5.41) is 3.32. The van der Waals surface area contributed by atoms with Crippen LogP contribution in [-0.2, 0) is 0 Å². The van der Waals surface area contributed by atoms with Crippen molar-refractivity contribution in [3.8, 4) is 5.75 Å². The van der Waals surface area contributed by atoms with Crippen molar-refractivity contribution >= 4 is 0 Å². The Morgan fingerprint density at radius 2 is 2.23 bits per heavy atom. The molecule has 2 nitrogen and oxygen atoms in total. The van der Waals surface area contributed by atoms with Crippen molar-refractivity contribution in [3.05, 3.63) is 42.0 Å². The fourth-order valence-electron chi connectivity index (χ4n) is 2.01. The van der Waals surface area contributed by atoms with Gasteiger partial charge in [0.1, 0.15) is 5.75 Å². The molecule has 2 heteroatoms. The van der Waals surface area contributed by atoms with Gasteiger partial charge < -0.3 is 4.74 Å². The first-order valence-electron chi connectivity index (χ1n) is 4.61. The van der Waals surface area contributed by atoms with Crippen LogP contribution in [0.2, 0.25) is 0 Å². The van der Waals surface area contributed by atoms with Crippen LogP contribution < -0.4 is 10.1 Å². The molecular weight excluding hydrogens is 162 g/mol. The van der Waals surface area contributed by atoms with E-state index in [1.807, 2.05) is 12.1 Å². The number of hydrogen-bond acceptors (Lipinski definition) is 2. The molecule has 66 valence electrons. The van der Waals surface area contributed by atoms with Gasteiger partial charge in [0.25, 0.3) is 0 Å². The van der Waals surface area contributed by atoms with E-state index in [9.17, 15) is 0 Å². The van der Waals surface area contributed by atoms with Gasteiger partial charge in [-0.25, -0.2) is 0 Å². The maximum absolute atomic E-state index is 5.75. The number of hydrogen-bond donors (Lipinski definition) is 1. The topological polar surface area (TPSA) is 21.3 Å². The Labute approximate surface area is 77.2 Å². The molecule has 0 fully saturated rings. The van der Waals surface area contributed by atoms with E-state index in [1.54, 1.807) is 0 Å². The number of fused-ring (bicyclic) bond motifs is 3. The second-order valence-corrected chi connectivity index (χ2v) is 3.44. The highest BCUT2D eigenvalue weighted by molar-refractivity contribution is 5.43. The number of benzene rings is 1. The van der Waals surface area contributed by atoms with E-state index < -0.39 is 0 Å². The van der Waals surface area contributed by atoms with Gasteiger partial charge in [-0.15, -0.1) is 0 Å². The van der Waals surface area contributed by atoms with E-state index >= 15 is 0 Å². The van der Waals surface area contributed by atoms with Gasteiger partial charge in [-0.2, -0.15) is 0 Å². The van der Waals surface area contributed by atoms with Crippen LogP contribution in [0.4, 0.5) is 0 Å². The van der Waals surface area contributed by atoms with Gasteiger partial charge in [-0.1, -0.05) is 30.4 Å². The molecule has 0 saturated heterocycles. The Morgan fingerprint density at radius 3 is 3.23 bits per heavy atom. The van der Waals surface area contributed by atoms with Crippen molar-refractivity contribution in [2.45, 2.75) is 12.1 Å². The van der Waals surface area contributed by atoms with Gasteiger partial charge in [0.05, 0.1) is 5.92 Å². The van der Waals surface area contributed by atoms with Gasteiger partial charge >= 0.3 is 0 Å². The fraction of sp³-hybridized carbons (Fsp3) is 0.273. The first-order chi connectivity index (χ1) is 6.45. The normalized spacial score (nSPS) is 29.2. The first-order valence-corrected chi connectivity index (χ1v) is 4.61. The molecule has 0 radical (unpaired) electrons. The summed E-state index contributed by atoms with van der Waals surface area (Å²) in [6.07, 6.45) is 4.54. The Hall–Kier alpha value is -1.28. The van der Waals surface area contributed by atoms with Gasteiger partial charge in [0, 0.05) is 12.1 Å².